The van der Waals surface area contributed by atoms with E-state index in [9.17, 15) is 18.7 Å². The van der Waals surface area contributed by atoms with E-state index in [2.05, 4.69) is 9.13 Å². The van der Waals surface area contributed by atoms with Gasteiger partial charge >= 0.3 is 5.97 Å². The lowest BCUT2D eigenvalue weighted by Crippen LogP contribution is -3.00. The lowest BCUT2D eigenvalue weighted by Gasteiger charge is -2.32. The van der Waals surface area contributed by atoms with Crippen molar-refractivity contribution in [2.24, 2.45) is 5.92 Å². The summed E-state index contributed by atoms with van der Waals surface area (Å²) in [6.07, 6.45) is 4.57. The number of alkyl halides is 2. The fourth-order valence-corrected chi connectivity index (χ4v) is 4.98. The number of para-hydroxylation sites is 1. The molecule has 1 heterocycles. The van der Waals surface area contributed by atoms with Gasteiger partial charge in [-0.25, -0.2) is 22.7 Å². The first kappa shape index (κ1) is 29.8. The Kier molecular flexibility index (Phi) is 10.4. The van der Waals surface area contributed by atoms with Crippen LogP contribution in [0, 0.1) is 12.8 Å². The van der Waals surface area contributed by atoms with E-state index in [0.717, 1.165) is 24.5 Å². The van der Waals surface area contributed by atoms with Crippen molar-refractivity contribution >= 4 is 5.97 Å². The Morgan fingerprint density at radius 3 is 2.45 bits per heavy atom. The topological polar surface area (TPSA) is 64.6 Å². The summed E-state index contributed by atoms with van der Waals surface area (Å²) < 4.78 is 43.3. The number of hydrogen-bond acceptors (Lipinski definition) is 4. The first-order valence-electron chi connectivity index (χ1n) is 12.9. The maximum absolute atomic E-state index is 13.9. The molecule has 1 aliphatic carbocycles. The lowest BCUT2D eigenvalue weighted by molar-refractivity contribution is -0.702. The minimum atomic E-state index is -2.89. The van der Waals surface area contributed by atoms with Crippen molar-refractivity contribution in [3.63, 3.8) is 0 Å². The maximum Gasteiger partial charge on any atom is 0.343 e. The van der Waals surface area contributed by atoms with Crippen LogP contribution in [0.15, 0.2) is 73.1 Å². The second kappa shape index (κ2) is 13.3. The van der Waals surface area contributed by atoms with E-state index >= 15 is 0 Å². The van der Waals surface area contributed by atoms with Crippen molar-refractivity contribution in [2.45, 2.75) is 63.6 Å². The van der Waals surface area contributed by atoms with E-state index in [1.54, 1.807) is 30.3 Å². The molecule has 3 aromatic rings. The third kappa shape index (κ3) is 7.20. The van der Waals surface area contributed by atoms with E-state index in [0.29, 0.717) is 25.1 Å². The van der Waals surface area contributed by atoms with Crippen molar-refractivity contribution in [3.05, 3.63) is 84.4 Å². The van der Waals surface area contributed by atoms with Crippen molar-refractivity contribution in [2.75, 3.05) is 13.2 Å². The summed E-state index contributed by atoms with van der Waals surface area (Å²) in [5, 5.41) is 11.4. The second-order valence-electron chi connectivity index (χ2n) is 9.66. The van der Waals surface area contributed by atoms with Gasteiger partial charge in [-0.1, -0.05) is 48.5 Å². The van der Waals surface area contributed by atoms with Crippen LogP contribution in [0.5, 0.6) is 5.75 Å². The number of hydrogen-bond donors (Lipinski definition) is 1. The number of benzene rings is 2. The van der Waals surface area contributed by atoms with Gasteiger partial charge in [0.05, 0.1) is 26.3 Å². The number of carbonyl (C=O) groups is 1. The van der Waals surface area contributed by atoms with Gasteiger partial charge in [-0.05, 0) is 24.1 Å². The molecule has 1 N–H and O–H groups in total. The Morgan fingerprint density at radius 1 is 1.11 bits per heavy atom. The Hall–Kier alpha value is -2.78. The first-order chi connectivity index (χ1) is 17.8. The zero-order chi connectivity index (χ0) is 26.3. The molecule has 2 atom stereocenters. The van der Waals surface area contributed by atoms with Crippen LogP contribution >= 0.6 is 0 Å². The summed E-state index contributed by atoms with van der Waals surface area (Å²) in [5.74, 6) is -2.71. The maximum atomic E-state index is 13.9. The van der Waals surface area contributed by atoms with Gasteiger partial charge < -0.3 is 31.6 Å². The highest BCUT2D eigenvalue weighted by Gasteiger charge is 2.54. The molecule has 9 heteroatoms. The quantitative estimate of drug-likeness (QED) is 0.198. The average Bonchev–Trinajstić information content (AvgIpc) is 3.46. The Bertz CT molecular complexity index is 1160. The predicted octanol–water partition coefficient (Wildman–Crippen LogP) is 1.81. The minimum Gasteiger partial charge on any atom is -1.00 e. The number of imidazole rings is 1. The molecule has 1 fully saturated rings. The smallest absolute Gasteiger partial charge is 0.343 e. The summed E-state index contributed by atoms with van der Waals surface area (Å²) in [4.78, 5) is 13.1. The number of nitrogens with zero attached hydrogens (tertiary/aromatic N) is 2. The molecular weight excluding hydrogens is 558 g/mol. The van der Waals surface area contributed by atoms with Crippen LogP contribution in [0.3, 0.4) is 0 Å². The number of aliphatic hydroxyl groups is 1. The summed E-state index contributed by atoms with van der Waals surface area (Å²) in [6.45, 7) is 4.17. The Morgan fingerprint density at radius 2 is 1.79 bits per heavy atom. The van der Waals surface area contributed by atoms with E-state index in [-0.39, 0.29) is 36.4 Å². The molecule has 0 radical (unpaired) electrons. The van der Waals surface area contributed by atoms with E-state index in [1.807, 2.05) is 49.6 Å². The van der Waals surface area contributed by atoms with Crippen LogP contribution in [0.25, 0.3) is 0 Å². The Labute approximate surface area is 233 Å². The third-order valence-corrected chi connectivity index (χ3v) is 7.11. The number of carbonyl (C=O) groups excluding carboxylic acids is 1. The number of esters is 1. The zero-order valence-corrected chi connectivity index (χ0v) is 23.2. The van der Waals surface area contributed by atoms with E-state index in [4.69, 9.17) is 9.47 Å². The van der Waals surface area contributed by atoms with Crippen LogP contribution in [0.4, 0.5) is 8.78 Å². The van der Waals surface area contributed by atoms with E-state index < -0.39 is 29.8 Å². The molecule has 0 aliphatic heterocycles. The standard InChI is InChI=1S/C29H35F2N2O4.BrH/c1-23-32(16-8-20-36-26-12-6-3-7-13-26)18-19-33(23)17-9-21-37-27(34)29(35,24-10-4-2-5-11-24)25-14-15-28(30,31)22-25;/h2-7,10-13,18-19,25,35H,8-9,14-17,20-22H2,1H3;1H/q+1;/p-1/t25-,29+;/m1./s1. The summed E-state index contributed by atoms with van der Waals surface area (Å²) >= 11 is 0. The molecule has 1 aromatic heterocycles. The molecule has 6 nitrogen and oxygen atoms in total. The van der Waals surface area contributed by atoms with Gasteiger partial charge in [0, 0.05) is 38.5 Å². The van der Waals surface area contributed by atoms with Crippen molar-refractivity contribution in [1.29, 1.82) is 0 Å². The fourth-order valence-electron chi connectivity index (χ4n) is 4.98. The summed E-state index contributed by atoms with van der Waals surface area (Å²) in [6, 6.07) is 18.0. The van der Waals surface area contributed by atoms with E-state index in [1.165, 1.54) is 0 Å². The van der Waals surface area contributed by atoms with Gasteiger partial charge in [0.1, 0.15) is 18.1 Å². The molecule has 0 amide bonds. The highest BCUT2D eigenvalue weighted by Crippen LogP contribution is 2.47. The molecule has 0 saturated heterocycles. The average molecular weight is 594 g/mol. The third-order valence-electron chi connectivity index (χ3n) is 7.11. The largest absolute Gasteiger partial charge is 1.00 e. The number of aromatic nitrogens is 2. The molecule has 1 saturated carbocycles. The van der Waals surface area contributed by atoms with Gasteiger partial charge in [0.25, 0.3) is 5.82 Å². The molecule has 0 bridgehead atoms. The molecule has 2 aromatic carbocycles. The molecule has 0 unspecified atom stereocenters. The monoisotopic (exact) mass is 592 g/mol. The summed E-state index contributed by atoms with van der Waals surface area (Å²) in [7, 11) is 0. The highest BCUT2D eigenvalue weighted by molar-refractivity contribution is 5.81. The number of halogens is 3. The normalized spacial score (nSPS) is 17.8. The minimum absolute atomic E-state index is 0. The van der Waals surface area contributed by atoms with Crippen LogP contribution in [-0.4, -0.2) is 34.8 Å². The SMILES string of the molecule is Cc1n(CCCOC(=O)[C@](O)(c2ccccc2)[C@@H]2CCC(F)(F)C2)cc[n+]1CCCOc1ccccc1.[Br-]. The molecule has 38 heavy (non-hydrogen) atoms. The predicted molar refractivity (Wildman–Crippen MR) is 134 cm³/mol. The first-order valence-corrected chi connectivity index (χ1v) is 12.9. The van der Waals surface area contributed by atoms with Gasteiger partial charge in [-0.2, -0.15) is 0 Å². The number of rotatable bonds is 12. The van der Waals surface area contributed by atoms with Gasteiger partial charge in [0.15, 0.2) is 5.60 Å². The number of aryl methyl sites for hydroxylation is 2. The van der Waals surface area contributed by atoms with Crippen LogP contribution in [-0.2, 0) is 28.2 Å². The fraction of sp³-hybridized carbons (Fsp3) is 0.448. The lowest BCUT2D eigenvalue weighted by atomic mass is 9.80. The highest BCUT2D eigenvalue weighted by atomic mass is 79.9. The molecule has 4 rings (SSSR count). The van der Waals surface area contributed by atoms with Gasteiger partial charge in [-0.15, -0.1) is 0 Å². The van der Waals surface area contributed by atoms with Crippen LogP contribution in [0.1, 0.15) is 43.5 Å². The van der Waals surface area contributed by atoms with Gasteiger partial charge in [0.2, 0.25) is 5.92 Å². The summed E-state index contributed by atoms with van der Waals surface area (Å²) in [5.41, 5.74) is -1.80. The van der Waals surface area contributed by atoms with Crippen molar-refractivity contribution in [3.8, 4) is 5.75 Å². The molecular formula is C29H35BrF2N2O4. The van der Waals surface area contributed by atoms with Crippen LogP contribution < -0.4 is 26.3 Å². The Balaban J connectivity index is 0.00000400. The zero-order valence-electron chi connectivity index (χ0n) is 21.6. The second-order valence-corrected chi connectivity index (χ2v) is 9.66. The van der Waals surface area contributed by atoms with Crippen LogP contribution in [0.2, 0.25) is 0 Å². The van der Waals surface area contributed by atoms with Crippen molar-refractivity contribution in [1.82, 2.24) is 4.57 Å². The molecule has 0 spiro atoms. The van der Waals surface area contributed by atoms with Crippen molar-refractivity contribution < 1.29 is 49.7 Å². The molecule has 1 aliphatic rings. The van der Waals surface area contributed by atoms with Gasteiger partial charge in [-0.3, -0.25) is 0 Å². The number of ether oxygens (including phenoxy) is 2. The molecule has 206 valence electrons.